The molecule has 2 aliphatic carbocycles. The molecule has 0 heterocycles. The summed E-state index contributed by atoms with van der Waals surface area (Å²) in [5.41, 5.74) is 13.4. The number of aryl methyl sites for hydroxylation is 2. The predicted octanol–water partition coefficient (Wildman–Crippen LogP) is 8.40. The van der Waals surface area contributed by atoms with Gasteiger partial charge in [-0.25, -0.2) is 0 Å². The summed E-state index contributed by atoms with van der Waals surface area (Å²) in [6.45, 7) is 18.6. The van der Waals surface area contributed by atoms with E-state index in [1.807, 2.05) is 0 Å². The van der Waals surface area contributed by atoms with Gasteiger partial charge in [-0.05, 0) is 0 Å². The van der Waals surface area contributed by atoms with Gasteiger partial charge in [0.15, 0.2) is 0 Å². The van der Waals surface area contributed by atoms with Crippen molar-refractivity contribution in [3.8, 4) is 0 Å². The van der Waals surface area contributed by atoms with Crippen molar-refractivity contribution in [3.63, 3.8) is 0 Å². The van der Waals surface area contributed by atoms with Crippen molar-refractivity contribution in [1.82, 2.24) is 0 Å². The summed E-state index contributed by atoms with van der Waals surface area (Å²) < 4.78 is 0.651. The van der Waals surface area contributed by atoms with Gasteiger partial charge >= 0.3 is 170 Å². The van der Waals surface area contributed by atoms with Crippen LogP contribution in [-0.4, -0.2) is 0 Å². The van der Waals surface area contributed by atoms with Crippen LogP contribution in [0.4, 0.5) is 0 Å². The van der Waals surface area contributed by atoms with Crippen molar-refractivity contribution in [2.75, 3.05) is 0 Å². The summed E-state index contributed by atoms with van der Waals surface area (Å²) in [6.07, 6.45) is 2.44. The fourth-order valence-corrected chi connectivity index (χ4v) is 27.1. The molecule has 25 heavy (non-hydrogen) atoms. The molecule has 0 N–H and O–H groups in total. The van der Waals surface area contributed by atoms with Gasteiger partial charge in [0.05, 0.1) is 0 Å². The molecular weight excluding hydrogens is 515 g/mol. The Morgan fingerprint density at radius 3 is 1.84 bits per heavy atom. The van der Waals surface area contributed by atoms with Crippen LogP contribution in [0.2, 0.25) is 3.12 Å². The normalized spacial score (nSPS) is 22.6. The Morgan fingerprint density at radius 2 is 1.32 bits per heavy atom. The van der Waals surface area contributed by atoms with Crippen molar-refractivity contribution in [1.29, 1.82) is 0 Å². The van der Waals surface area contributed by atoms with E-state index < -0.39 is 15.6 Å². The Kier molecular flexibility index (Phi) is 5.14. The molecule has 0 radical (unpaired) electrons. The first-order valence-corrected chi connectivity index (χ1v) is 22.9. The third kappa shape index (κ3) is 2.59. The van der Waals surface area contributed by atoms with Crippen LogP contribution in [0.5, 0.6) is 0 Å². The third-order valence-electron chi connectivity index (χ3n) is 7.06. The summed E-state index contributed by atoms with van der Waals surface area (Å²) in [4.78, 5) is 0. The van der Waals surface area contributed by atoms with Crippen LogP contribution >= 0.6 is 24.4 Å². The molecular formula is C22H28Br2Zr. The Bertz CT molecular complexity index is 844. The van der Waals surface area contributed by atoms with Crippen molar-refractivity contribution < 1.29 is 15.6 Å². The molecule has 2 aliphatic rings. The van der Waals surface area contributed by atoms with Crippen LogP contribution in [0.1, 0.15) is 67.4 Å². The van der Waals surface area contributed by atoms with Crippen molar-refractivity contribution >= 4 is 30.5 Å². The average molecular weight is 543 g/mol. The van der Waals surface area contributed by atoms with Crippen LogP contribution in [0.3, 0.4) is 0 Å². The van der Waals surface area contributed by atoms with Crippen LogP contribution in [0.15, 0.2) is 40.0 Å². The molecule has 3 rings (SSSR count). The van der Waals surface area contributed by atoms with Gasteiger partial charge in [-0.1, -0.05) is 0 Å². The van der Waals surface area contributed by atoms with Crippen LogP contribution in [0.25, 0.3) is 6.08 Å². The Balaban J connectivity index is 2.26. The summed E-state index contributed by atoms with van der Waals surface area (Å²) >= 11 is 5.79. The standard InChI is InChI=1S/C12H13.C10H15.2BrH.Zr/c1-8-6-11-9(2)4-5-10(3)12(11)7-8;1-6-7(2)9(4)10(5)8(6)3;;;/h4-7H,1-3H3;1-5H3;2*1H;/q;;;;+2/p-2. The van der Waals surface area contributed by atoms with Crippen molar-refractivity contribution in [2.24, 2.45) is 0 Å². The molecule has 0 aliphatic heterocycles. The average Bonchev–Trinajstić information content (AvgIpc) is 2.99. The minimum atomic E-state index is -3.04. The summed E-state index contributed by atoms with van der Waals surface area (Å²) in [5.74, 6) is 0. The molecule has 1 unspecified atom stereocenters. The number of hydrogen-bond donors (Lipinski definition) is 0. The third-order valence-corrected chi connectivity index (χ3v) is 30.6. The van der Waals surface area contributed by atoms with Crippen molar-refractivity contribution in [2.45, 2.75) is 62.1 Å². The van der Waals surface area contributed by atoms with E-state index in [0.29, 0.717) is 3.63 Å². The zero-order valence-corrected chi connectivity index (χ0v) is 22.2. The van der Waals surface area contributed by atoms with Crippen molar-refractivity contribution in [3.05, 3.63) is 62.3 Å². The van der Waals surface area contributed by atoms with Gasteiger partial charge in [-0.3, -0.25) is 0 Å². The van der Waals surface area contributed by atoms with Crippen LogP contribution in [0, 0.1) is 13.8 Å². The van der Waals surface area contributed by atoms with Gasteiger partial charge in [-0.15, -0.1) is 0 Å². The molecule has 0 fully saturated rings. The number of halogens is 2. The molecule has 1 aromatic rings. The van der Waals surface area contributed by atoms with E-state index in [1.54, 1.807) is 16.7 Å². The van der Waals surface area contributed by atoms with Gasteiger partial charge in [-0.2, -0.15) is 0 Å². The van der Waals surface area contributed by atoms with E-state index in [0.717, 1.165) is 0 Å². The predicted molar refractivity (Wildman–Crippen MR) is 115 cm³/mol. The first-order valence-electron chi connectivity index (χ1n) is 8.98. The summed E-state index contributed by atoms with van der Waals surface area (Å²) in [6, 6.07) is 4.57. The van der Waals surface area contributed by atoms with E-state index in [2.05, 4.69) is 98.0 Å². The monoisotopic (exact) mass is 540 g/mol. The second kappa shape index (κ2) is 6.42. The Morgan fingerprint density at radius 1 is 0.840 bits per heavy atom. The molecule has 0 nitrogen and oxygen atoms in total. The van der Waals surface area contributed by atoms with Gasteiger partial charge in [0, 0.05) is 0 Å². The molecule has 1 aromatic carbocycles. The van der Waals surface area contributed by atoms with E-state index in [1.165, 1.54) is 33.4 Å². The Hall–Kier alpha value is 0.283. The second-order valence-electron chi connectivity index (χ2n) is 8.10. The van der Waals surface area contributed by atoms with E-state index in [-0.39, 0.29) is 3.12 Å². The zero-order chi connectivity index (χ0) is 18.9. The maximum absolute atomic E-state index is 4.41. The molecule has 3 heteroatoms. The SMILES string of the molecule is CC1=Cc2c(C)ccc(C)c2[CH]1[Zr]([Br])([Br])[C]1(C)C(C)=C(C)C(C)=C1C. The summed E-state index contributed by atoms with van der Waals surface area (Å²) in [5, 5.41) is 0. The van der Waals surface area contributed by atoms with Gasteiger partial charge < -0.3 is 0 Å². The van der Waals surface area contributed by atoms with Gasteiger partial charge in [0.25, 0.3) is 0 Å². The Labute approximate surface area is 169 Å². The van der Waals surface area contributed by atoms with Gasteiger partial charge in [0.1, 0.15) is 0 Å². The second-order valence-corrected chi connectivity index (χ2v) is 36.1. The van der Waals surface area contributed by atoms with E-state index in [9.17, 15) is 0 Å². The topological polar surface area (TPSA) is 0 Å². The quantitative estimate of drug-likeness (QED) is 0.352. The van der Waals surface area contributed by atoms with Crippen LogP contribution < -0.4 is 0 Å². The first kappa shape index (κ1) is 20.0. The minimum absolute atomic E-state index is 0.139. The fraction of sp³-hybridized carbons (Fsp3) is 0.455. The molecule has 0 amide bonds. The fourth-order valence-electron chi connectivity index (χ4n) is 4.82. The number of allylic oxidation sites excluding steroid dienone is 5. The molecule has 0 saturated heterocycles. The molecule has 0 aromatic heterocycles. The molecule has 0 spiro atoms. The number of benzene rings is 1. The molecule has 134 valence electrons. The maximum atomic E-state index is 4.41. The number of hydrogen-bond acceptors (Lipinski definition) is 0. The zero-order valence-electron chi connectivity index (χ0n) is 16.6. The first-order chi connectivity index (χ1) is 11.5. The number of fused-ring (bicyclic) bond motifs is 1. The van der Waals surface area contributed by atoms with Crippen LogP contribution in [-0.2, 0) is 15.6 Å². The molecule has 0 bridgehead atoms. The number of rotatable bonds is 2. The van der Waals surface area contributed by atoms with E-state index >= 15 is 0 Å². The van der Waals surface area contributed by atoms with E-state index in [4.69, 9.17) is 0 Å². The molecule has 1 atom stereocenters. The molecule has 0 saturated carbocycles. The van der Waals surface area contributed by atoms with Gasteiger partial charge in [0.2, 0.25) is 0 Å². The summed E-state index contributed by atoms with van der Waals surface area (Å²) in [7, 11) is 0.